The van der Waals surface area contributed by atoms with Crippen LogP contribution in [0.2, 0.25) is 5.15 Å². The molecule has 0 saturated heterocycles. The average molecular weight is 266 g/mol. The second kappa shape index (κ2) is 4.37. The third-order valence-corrected chi connectivity index (χ3v) is 3.58. The van der Waals surface area contributed by atoms with Gasteiger partial charge in [-0.3, -0.25) is 0 Å². The largest absolute Gasteiger partial charge is 0.326 e. The molecule has 18 heavy (non-hydrogen) atoms. The van der Waals surface area contributed by atoms with Gasteiger partial charge in [-0.15, -0.1) is 0 Å². The molecule has 0 aliphatic carbocycles. The van der Waals surface area contributed by atoms with Gasteiger partial charge in [0, 0.05) is 18.2 Å². The molecular weight excluding hydrogens is 253 g/mol. The van der Waals surface area contributed by atoms with Crippen LogP contribution in [0.1, 0.15) is 12.1 Å². The summed E-state index contributed by atoms with van der Waals surface area (Å²) in [5, 5.41) is 0.501. The molecule has 1 aromatic carbocycles. The molecule has 3 rings (SSSR count). The van der Waals surface area contributed by atoms with E-state index in [0.29, 0.717) is 17.5 Å². The Morgan fingerprint density at radius 3 is 3.06 bits per heavy atom. The maximum absolute atomic E-state index is 13.3. The Kier molecular flexibility index (Phi) is 2.84. The number of benzene rings is 1. The lowest BCUT2D eigenvalue weighted by molar-refractivity contribution is 0.463. The highest BCUT2D eigenvalue weighted by Crippen LogP contribution is 2.29. The number of nitrogens with zero attached hydrogens (tertiary/aromatic N) is 2. The van der Waals surface area contributed by atoms with E-state index in [2.05, 4.69) is 4.98 Å². The van der Waals surface area contributed by atoms with E-state index >= 15 is 0 Å². The van der Waals surface area contributed by atoms with Gasteiger partial charge in [-0.05, 0) is 25.0 Å². The minimum absolute atomic E-state index is 0.107. The Balaban J connectivity index is 2.13. The summed E-state index contributed by atoms with van der Waals surface area (Å²) in [5.41, 5.74) is 7.70. The van der Waals surface area contributed by atoms with Gasteiger partial charge in [-0.25, -0.2) is 9.37 Å². The molecule has 0 bridgehead atoms. The molecule has 2 aromatic rings. The summed E-state index contributed by atoms with van der Waals surface area (Å²) in [5.74, 6) is 0.422. The van der Waals surface area contributed by atoms with Crippen molar-refractivity contribution in [3.8, 4) is 11.4 Å². The predicted molar refractivity (Wildman–Crippen MR) is 68.9 cm³/mol. The van der Waals surface area contributed by atoms with Crippen molar-refractivity contribution in [2.24, 2.45) is 5.73 Å². The lowest BCUT2D eigenvalue weighted by Gasteiger charge is -2.22. The van der Waals surface area contributed by atoms with E-state index in [0.717, 1.165) is 24.1 Å². The number of hydrogen-bond acceptors (Lipinski definition) is 2. The lowest BCUT2D eigenvalue weighted by atomic mass is 10.1. The molecule has 1 aliphatic heterocycles. The van der Waals surface area contributed by atoms with E-state index in [1.165, 1.54) is 12.1 Å². The van der Waals surface area contributed by atoms with Gasteiger partial charge in [-0.1, -0.05) is 23.7 Å². The van der Waals surface area contributed by atoms with E-state index in [9.17, 15) is 4.39 Å². The Labute approximate surface area is 109 Å². The average Bonchev–Trinajstić information content (AvgIpc) is 2.66. The van der Waals surface area contributed by atoms with Crippen molar-refractivity contribution in [1.82, 2.24) is 9.55 Å². The van der Waals surface area contributed by atoms with Crippen LogP contribution in [0.25, 0.3) is 11.4 Å². The van der Waals surface area contributed by atoms with E-state index in [1.807, 2.05) is 10.6 Å². The highest BCUT2D eigenvalue weighted by Gasteiger charge is 2.23. The predicted octanol–water partition coefficient (Wildman–Crippen LogP) is 2.62. The van der Waals surface area contributed by atoms with Crippen molar-refractivity contribution in [2.45, 2.75) is 25.4 Å². The maximum Gasteiger partial charge on any atom is 0.150 e. The molecule has 0 amide bonds. The zero-order chi connectivity index (χ0) is 12.7. The first-order chi connectivity index (χ1) is 8.65. The van der Waals surface area contributed by atoms with Crippen molar-refractivity contribution in [3.05, 3.63) is 40.9 Å². The molecule has 0 saturated carbocycles. The van der Waals surface area contributed by atoms with Crippen molar-refractivity contribution >= 4 is 11.6 Å². The molecule has 3 nitrogen and oxygen atoms in total. The smallest absolute Gasteiger partial charge is 0.150 e. The van der Waals surface area contributed by atoms with Gasteiger partial charge in [0.15, 0.2) is 5.15 Å². The van der Waals surface area contributed by atoms with Crippen molar-refractivity contribution in [1.29, 1.82) is 0 Å². The molecule has 1 aromatic heterocycles. The van der Waals surface area contributed by atoms with Gasteiger partial charge >= 0.3 is 0 Å². The summed E-state index contributed by atoms with van der Waals surface area (Å²) in [6, 6.07) is 6.48. The Bertz CT molecular complexity index is 594. The van der Waals surface area contributed by atoms with E-state index < -0.39 is 0 Å². The van der Waals surface area contributed by atoms with Gasteiger partial charge in [0.2, 0.25) is 0 Å². The number of imidazole rings is 1. The third kappa shape index (κ3) is 1.91. The number of aromatic nitrogens is 2. The minimum Gasteiger partial charge on any atom is -0.326 e. The van der Waals surface area contributed by atoms with Crippen LogP contribution < -0.4 is 5.73 Å². The first-order valence-corrected chi connectivity index (χ1v) is 6.29. The number of halogens is 2. The van der Waals surface area contributed by atoms with Gasteiger partial charge in [-0.2, -0.15) is 0 Å². The second-order valence-corrected chi connectivity index (χ2v) is 4.95. The molecule has 94 valence electrons. The molecule has 2 heterocycles. The first-order valence-electron chi connectivity index (χ1n) is 5.91. The van der Waals surface area contributed by atoms with Crippen LogP contribution in [0.4, 0.5) is 4.39 Å². The molecule has 1 aliphatic rings. The summed E-state index contributed by atoms with van der Waals surface area (Å²) >= 11 is 6.13. The number of hydrogen-bond donors (Lipinski definition) is 1. The van der Waals surface area contributed by atoms with Crippen LogP contribution >= 0.6 is 11.6 Å². The fraction of sp³-hybridized carbons (Fsp3) is 0.308. The van der Waals surface area contributed by atoms with Crippen LogP contribution in [0.5, 0.6) is 0 Å². The highest BCUT2D eigenvalue weighted by atomic mass is 35.5. The Hall–Kier alpha value is -1.39. The minimum atomic E-state index is -0.277. The molecule has 0 radical (unpaired) electrons. The maximum atomic E-state index is 13.3. The van der Waals surface area contributed by atoms with Gasteiger partial charge < -0.3 is 10.3 Å². The lowest BCUT2D eigenvalue weighted by Crippen LogP contribution is -2.32. The van der Waals surface area contributed by atoms with Crippen molar-refractivity contribution < 1.29 is 4.39 Å². The molecule has 0 fully saturated rings. The number of rotatable bonds is 1. The van der Waals surface area contributed by atoms with Crippen LogP contribution in [-0.4, -0.2) is 15.6 Å². The van der Waals surface area contributed by atoms with Crippen LogP contribution in [0, 0.1) is 5.82 Å². The summed E-state index contributed by atoms with van der Waals surface area (Å²) in [6.07, 6.45) is 1.73. The Morgan fingerprint density at radius 1 is 1.44 bits per heavy atom. The third-order valence-electron chi connectivity index (χ3n) is 3.28. The second-order valence-electron chi connectivity index (χ2n) is 4.59. The molecule has 0 spiro atoms. The zero-order valence-electron chi connectivity index (χ0n) is 9.74. The summed E-state index contributed by atoms with van der Waals surface area (Å²) in [6.45, 7) is 0.681. The fourth-order valence-corrected chi connectivity index (χ4v) is 2.66. The summed E-state index contributed by atoms with van der Waals surface area (Å²) in [4.78, 5) is 4.34. The zero-order valence-corrected chi connectivity index (χ0v) is 10.5. The topological polar surface area (TPSA) is 43.8 Å². The summed E-state index contributed by atoms with van der Waals surface area (Å²) < 4.78 is 15.3. The van der Waals surface area contributed by atoms with E-state index in [4.69, 9.17) is 17.3 Å². The SMILES string of the molecule is NC1CCc2c(Cl)nc(-c3cccc(F)c3)n2C1. The van der Waals surface area contributed by atoms with Crippen LogP contribution in [-0.2, 0) is 13.0 Å². The van der Waals surface area contributed by atoms with Crippen molar-refractivity contribution in [3.63, 3.8) is 0 Å². The van der Waals surface area contributed by atoms with Gasteiger partial charge in [0.25, 0.3) is 0 Å². The standard InChI is InChI=1S/C13H13ClFN3/c14-12-11-5-4-10(16)7-18(11)13(17-12)8-2-1-3-9(15)6-8/h1-3,6,10H,4-5,7,16H2. The normalized spacial score (nSPS) is 18.7. The first kappa shape index (κ1) is 11.7. The number of nitrogens with two attached hydrogens (primary N) is 1. The molecule has 1 unspecified atom stereocenters. The molecular formula is C13H13ClFN3. The van der Waals surface area contributed by atoms with E-state index in [1.54, 1.807) is 6.07 Å². The molecule has 2 N–H and O–H groups in total. The monoisotopic (exact) mass is 265 g/mol. The quantitative estimate of drug-likeness (QED) is 0.861. The summed E-state index contributed by atoms with van der Waals surface area (Å²) in [7, 11) is 0. The van der Waals surface area contributed by atoms with Crippen LogP contribution in [0.15, 0.2) is 24.3 Å². The van der Waals surface area contributed by atoms with Crippen LogP contribution in [0.3, 0.4) is 0 Å². The Morgan fingerprint density at radius 2 is 2.28 bits per heavy atom. The molecule has 5 heteroatoms. The number of fused-ring (bicyclic) bond motifs is 1. The van der Waals surface area contributed by atoms with Crippen molar-refractivity contribution in [2.75, 3.05) is 0 Å². The van der Waals surface area contributed by atoms with Gasteiger partial charge in [0.1, 0.15) is 11.6 Å². The van der Waals surface area contributed by atoms with Gasteiger partial charge in [0.05, 0.1) is 5.69 Å². The molecule has 1 atom stereocenters. The highest BCUT2D eigenvalue weighted by molar-refractivity contribution is 6.30. The van der Waals surface area contributed by atoms with E-state index in [-0.39, 0.29) is 11.9 Å². The fourth-order valence-electron chi connectivity index (χ4n) is 2.39.